The quantitative estimate of drug-likeness (QED) is 0.268. The third-order valence-corrected chi connectivity index (χ3v) is 6.59. The molecule has 1 aliphatic heterocycles. The first-order valence-corrected chi connectivity index (χ1v) is 12.6. The molecule has 0 aliphatic carbocycles. The minimum Gasteiger partial charge on any atom is -0.484 e. The van der Waals surface area contributed by atoms with Crippen LogP contribution in [0.15, 0.2) is 77.9 Å². The fraction of sp³-hybridized carbons (Fsp3) is 0.267. The number of hydrogen-bond acceptors (Lipinski definition) is 4. The predicted molar refractivity (Wildman–Crippen MR) is 150 cm³/mol. The van der Waals surface area contributed by atoms with Gasteiger partial charge in [-0.05, 0) is 68.2 Å². The SMILES string of the molecule is CCCN1c2cc(Cl)c(/C=N/NC(=O)COc3ccc(-c4ccccc4)cc3)cc2C(C)=CC1(C)C. The second kappa shape index (κ2) is 11.0. The summed E-state index contributed by atoms with van der Waals surface area (Å²) in [5, 5.41) is 4.70. The van der Waals surface area contributed by atoms with Gasteiger partial charge in [0.05, 0.1) is 16.8 Å². The highest BCUT2D eigenvalue weighted by molar-refractivity contribution is 6.33. The van der Waals surface area contributed by atoms with Crippen LogP contribution in [0.5, 0.6) is 5.75 Å². The molecule has 0 spiro atoms. The van der Waals surface area contributed by atoms with Crippen molar-refractivity contribution < 1.29 is 9.53 Å². The molecule has 1 N–H and O–H groups in total. The molecule has 186 valence electrons. The molecule has 0 unspecified atom stereocenters. The zero-order valence-corrected chi connectivity index (χ0v) is 22.0. The Kier molecular flexibility index (Phi) is 7.80. The number of fused-ring (bicyclic) bond motifs is 1. The van der Waals surface area contributed by atoms with Crippen LogP contribution in [0.2, 0.25) is 5.02 Å². The summed E-state index contributed by atoms with van der Waals surface area (Å²) in [5.41, 5.74) is 8.85. The van der Waals surface area contributed by atoms with Gasteiger partial charge < -0.3 is 9.64 Å². The highest BCUT2D eigenvalue weighted by Crippen LogP contribution is 2.41. The lowest BCUT2D eigenvalue weighted by molar-refractivity contribution is -0.123. The number of hydrazone groups is 1. The van der Waals surface area contributed by atoms with Gasteiger partial charge in [0.1, 0.15) is 5.75 Å². The Morgan fingerprint density at radius 3 is 2.47 bits per heavy atom. The number of anilines is 1. The van der Waals surface area contributed by atoms with Crippen molar-refractivity contribution in [2.24, 2.45) is 5.10 Å². The van der Waals surface area contributed by atoms with Crippen molar-refractivity contribution in [2.45, 2.75) is 39.7 Å². The Morgan fingerprint density at radius 1 is 1.08 bits per heavy atom. The van der Waals surface area contributed by atoms with Gasteiger partial charge in [0, 0.05) is 23.4 Å². The number of carbonyl (C=O) groups excluding carboxylic acids is 1. The Hall–Kier alpha value is -3.57. The largest absolute Gasteiger partial charge is 0.484 e. The summed E-state index contributed by atoms with van der Waals surface area (Å²) >= 11 is 6.61. The first-order chi connectivity index (χ1) is 17.3. The van der Waals surface area contributed by atoms with Gasteiger partial charge >= 0.3 is 0 Å². The van der Waals surface area contributed by atoms with Crippen LogP contribution in [0.3, 0.4) is 0 Å². The van der Waals surface area contributed by atoms with E-state index in [1.165, 1.54) is 5.57 Å². The zero-order chi connectivity index (χ0) is 25.7. The molecule has 0 bridgehead atoms. The van der Waals surface area contributed by atoms with Crippen molar-refractivity contribution in [1.29, 1.82) is 0 Å². The van der Waals surface area contributed by atoms with E-state index in [0.717, 1.165) is 40.9 Å². The Bertz CT molecular complexity index is 1280. The average Bonchev–Trinajstić information content (AvgIpc) is 2.86. The molecule has 3 aromatic carbocycles. The number of carbonyl (C=O) groups is 1. The van der Waals surface area contributed by atoms with E-state index in [1.54, 1.807) is 6.21 Å². The van der Waals surface area contributed by atoms with Gasteiger partial charge in [-0.25, -0.2) is 5.43 Å². The number of amides is 1. The number of nitrogens with zero attached hydrogens (tertiary/aromatic N) is 2. The smallest absolute Gasteiger partial charge is 0.277 e. The molecule has 0 saturated heterocycles. The lowest BCUT2D eigenvalue weighted by Gasteiger charge is -2.43. The normalized spacial score (nSPS) is 14.4. The first-order valence-electron chi connectivity index (χ1n) is 12.2. The van der Waals surface area contributed by atoms with Gasteiger partial charge in [0.2, 0.25) is 0 Å². The summed E-state index contributed by atoms with van der Waals surface area (Å²) in [4.78, 5) is 14.6. The van der Waals surface area contributed by atoms with Crippen molar-refractivity contribution in [1.82, 2.24) is 5.43 Å². The molecule has 1 heterocycles. The maximum absolute atomic E-state index is 12.3. The molecule has 1 amide bonds. The summed E-state index contributed by atoms with van der Waals surface area (Å²) in [6.07, 6.45) is 4.90. The molecule has 4 rings (SSSR count). The molecular formula is C30H32ClN3O2. The molecule has 5 nitrogen and oxygen atoms in total. The number of hydrogen-bond donors (Lipinski definition) is 1. The molecular weight excluding hydrogens is 470 g/mol. The van der Waals surface area contributed by atoms with Gasteiger partial charge in [0.25, 0.3) is 5.91 Å². The molecule has 0 aromatic heterocycles. The second-order valence-corrected chi connectivity index (χ2v) is 9.90. The van der Waals surface area contributed by atoms with Crippen LogP contribution in [0.1, 0.15) is 45.2 Å². The third-order valence-electron chi connectivity index (χ3n) is 6.27. The van der Waals surface area contributed by atoms with E-state index < -0.39 is 0 Å². The molecule has 36 heavy (non-hydrogen) atoms. The van der Waals surface area contributed by atoms with Gasteiger partial charge in [0.15, 0.2) is 6.61 Å². The highest BCUT2D eigenvalue weighted by Gasteiger charge is 2.31. The van der Waals surface area contributed by atoms with Crippen LogP contribution in [-0.4, -0.2) is 30.8 Å². The molecule has 0 radical (unpaired) electrons. The molecule has 6 heteroatoms. The average molecular weight is 502 g/mol. The Balaban J connectivity index is 1.37. The van der Waals surface area contributed by atoms with Crippen molar-refractivity contribution in [3.8, 4) is 16.9 Å². The number of benzene rings is 3. The second-order valence-electron chi connectivity index (χ2n) is 9.50. The van der Waals surface area contributed by atoms with Crippen molar-refractivity contribution in [2.75, 3.05) is 18.1 Å². The number of ether oxygens (including phenoxy) is 1. The van der Waals surface area contributed by atoms with Crippen LogP contribution in [-0.2, 0) is 4.79 Å². The Morgan fingerprint density at radius 2 is 1.78 bits per heavy atom. The predicted octanol–water partition coefficient (Wildman–Crippen LogP) is 6.95. The summed E-state index contributed by atoms with van der Waals surface area (Å²) in [7, 11) is 0. The number of rotatable bonds is 8. The van der Waals surface area contributed by atoms with Crippen LogP contribution in [0.25, 0.3) is 16.7 Å². The topological polar surface area (TPSA) is 53.9 Å². The lowest BCUT2D eigenvalue weighted by Crippen LogP contribution is -2.45. The minimum absolute atomic E-state index is 0.0815. The van der Waals surface area contributed by atoms with Crippen LogP contribution < -0.4 is 15.1 Å². The number of allylic oxidation sites excluding steroid dienone is 1. The Labute approximate surface area is 218 Å². The summed E-state index contributed by atoms with van der Waals surface area (Å²) < 4.78 is 5.60. The minimum atomic E-state index is -0.348. The molecule has 1 aliphatic rings. The van der Waals surface area contributed by atoms with E-state index in [2.05, 4.69) is 61.3 Å². The van der Waals surface area contributed by atoms with Gasteiger partial charge in [-0.1, -0.05) is 67.1 Å². The summed E-state index contributed by atoms with van der Waals surface area (Å²) in [6.45, 7) is 9.53. The van der Waals surface area contributed by atoms with Crippen molar-refractivity contribution in [3.05, 3.63) is 89.0 Å². The van der Waals surface area contributed by atoms with Crippen molar-refractivity contribution in [3.63, 3.8) is 0 Å². The van der Waals surface area contributed by atoms with E-state index in [4.69, 9.17) is 16.3 Å². The molecule has 0 fully saturated rings. The zero-order valence-electron chi connectivity index (χ0n) is 21.2. The van der Waals surface area contributed by atoms with E-state index in [0.29, 0.717) is 10.8 Å². The first kappa shape index (κ1) is 25.5. The van der Waals surface area contributed by atoms with Gasteiger partial charge in [-0.15, -0.1) is 0 Å². The number of halogens is 1. The maximum Gasteiger partial charge on any atom is 0.277 e. The van der Waals surface area contributed by atoms with Gasteiger partial charge in [-0.3, -0.25) is 4.79 Å². The molecule has 0 saturated carbocycles. The molecule has 3 aromatic rings. The summed E-state index contributed by atoms with van der Waals surface area (Å²) in [6, 6.07) is 21.8. The third kappa shape index (κ3) is 5.80. The van der Waals surface area contributed by atoms with Crippen LogP contribution >= 0.6 is 11.6 Å². The lowest BCUT2D eigenvalue weighted by atomic mass is 9.88. The van der Waals surface area contributed by atoms with Gasteiger partial charge in [-0.2, -0.15) is 5.10 Å². The summed E-state index contributed by atoms with van der Waals surface area (Å²) in [5.74, 6) is 0.271. The highest BCUT2D eigenvalue weighted by atomic mass is 35.5. The van der Waals surface area contributed by atoms with Crippen LogP contribution in [0.4, 0.5) is 5.69 Å². The monoisotopic (exact) mass is 501 g/mol. The van der Waals surface area contributed by atoms with Crippen molar-refractivity contribution >= 4 is 35.0 Å². The molecule has 0 atom stereocenters. The van der Waals surface area contributed by atoms with E-state index in [-0.39, 0.29) is 18.1 Å². The van der Waals surface area contributed by atoms with E-state index in [1.807, 2.05) is 54.6 Å². The fourth-order valence-electron chi connectivity index (χ4n) is 4.57. The van der Waals surface area contributed by atoms with E-state index in [9.17, 15) is 4.79 Å². The maximum atomic E-state index is 12.3. The fourth-order valence-corrected chi connectivity index (χ4v) is 4.78. The van der Waals surface area contributed by atoms with Crippen LogP contribution in [0, 0.1) is 0 Å². The number of nitrogens with one attached hydrogen (secondary N) is 1. The standard InChI is InChI=1S/C30H32ClN3O2/c1-5-15-34-28-17-27(31)24(16-26(28)21(2)18-30(34,3)4)19-32-33-29(35)20-36-25-13-11-23(12-14-25)22-9-7-6-8-10-22/h6-14,16-19H,5,15,20H2,1-4H3,(H,33,35)/b32-19+. The van der Waals surface area contributed by atoms with E-state index >= 15 is 0 Å².